The molecule has 2 unspecified atom stereocenters. The Kier molecular flexibility index (Phi) is 4.99. The quantitative estimate of drug-likeness (QED) is 0.660. The summed E-state index contributed by atoms with van der Waals surface area (Å²) >= 11 is 0. The second-order valence-electron chi connectivity index (χ2n) is 4.84. The van der Waals surface area contributed by atoms with E-state index < -0.39 is 0 Å². The predicted molar refractivity (Wildman–Crippen MR) is 58.9 cm³/mol. The number of ether oxygens (including phenoxy) is 2. The molecule has 90 valence electrons. The summed E-state index contributed by atoms with van der Waals surface area (Å²) in [7, 11) is 0. The molecule has 0 radical (unpaired) electrons. The van der Waals surface area contributed by atoms with Gasteiger partial charge in [-0.1, -0.05) is 0 Å². The molecule has 0 aromatic heterocycles. The van der Waals surface area contributed by atoms with Crippen LogP contribution in [0.3, 0.4) is 0 Å². The maximum absolute atomic E-state index is 9.05. The number of hydrogen-bond donors (Lipinski definition) is 2. The molecule has 2 N–H and O–H groups in total. The normalized spacial score (nSPS) is 27.6. The van der Waals surface area contributed by atoms with Gasteiger partial charge in [-0.2, -0.15) is 0 Å². The monoisotopic (exact) mass is 217 g/mol. The first-order valence-electron chi connectivity index (χ1n) is 5.64. The van der Waals surface area contributed by atoms with Crippen molar-refractivity contribution in [2.75, 3.05) is 26.3 Å². The lowest BCUT2D eigenvalue weighted by Gasteiger charge is -2.36. The molecular formula is C11H23NO3. The minimum Gasteiger partial charge on any atom is -0.393 e. The fourth-order valence-corrected chi connectivity index (χ4v) is 1.63. The van der Waals surface area contributed by atoms with Crippen LogP contribution in [0.25, 0.3) is 0 Å². The molecule has 0 amide bonds. The van der Waals surface area contributed by atoms with E-state index in [9.17, 15) is 0 Å². The van der Waals surface area contributed by atoms with E-state index in [1.54, 1.807) is 6.92 Å². The van der Waals surface area contributed by atoms with Crippen LogP contribution in [-0.2, 0) is 9.47 Å². The van der Waals surface area contributed by atoms with Gasteiger partial charge in [-0.25, -0.2) is 0 Å². The van der Waals surface area contributed by atoms with Crippen LogP contribution in [0.4, 0.5) is 0 Å². The first kappa shape index (κ1) is 12.9. The van der Waals surface area contributed by atoms with Crippen LogP contribution in [0.15, 0.2) is 0 Å². The van der Waals surface area contributed by atoms with Gasteiger partial charge in [0.2, 0.25) is 0 Å². The van der Waals surface area contributed by atoms with Gasteiger partial charge in [-0.15, -0.1) is 0 Å². The zero-order valence-electron chi connectivity index (χ0n) is 9.95. The van der Waals surface area contributed by atoms with E-state index in [0.29, 0.717) is 19.6 Å². The fourth-order valence-electron chi connectivity index (χ4n) is 1.63. The molecule has 4 nitrogen and oxygen atoms in total. The lowest BCUT2D eigenvalue weighted by atomic mass is 10.1. The standard InChI is InChI=1S/C11H23NO3/c1-9(13)4-5-14-7-10-6-12-8-11(2,3)15-10/h9-10,12-13H,4-8H2,1-3H3. The van der Waals surface area contributed by atoms with Crippen molar-refractivity contribution in [2.24, 2.45) is 0 Å². The number of hydrogen-bond acceptors (Lipinski definition) is 4. The van der Waals surface area contributed by atoms with Gasteiger partial charge in [-0.3, -0.25) is 0 Å². The molecule has 1 fully saturated rings. The highest BCUT2D eigenvalue weighted by Crippen LogP contribution is 2.15. The highest BCUT2D eigenvalue weighted by atomic mass is 16.5. The maximum atomic E-state index is 9.05. The van der Waals surface area contributed by atoms with Crippen molar-refractivity contribution < 1.29 is 14.6 Å². The third-order valence-corrected chi connectivity index (χ3v) is 2.39. The summed E-state index contributed by atoms with van der Waals surface area (Å²) in [5, 5.41) is 12.4. The summed E-state index contributed by atoms with van der Waals surface area (Å²) in [4.78, 5) is 0. The summed E-state index contributed by atoms with van der Waals surface area (Å²) in [5.74, 6) is 0. The Morgan fingerprint density at radius 1 is 1.60 bits per heavy atom. The van der Waals surface area contributed by atoms with Crippen molar-refractivity contribution in [3.63, 3.8) is 0 Å². The Labute approximate surface area is 92.0 Å². The summed E-state index contributed by atoms with van der Waals surface area (Å²) in [5.41, 5.74) is -0.101. The Morgan fingerprint density at radius 3 is 2.93 bits per heavy atom. The van der Waals surface area contributed by atoms with Crippen molar-refractivity contribution in [1.29, 1.82) is 0 Å². The number of morpholine rings is 1. The van der Waals surface area contributed by atoms with Gasteiger partial charge in [0.1, 0.15) is 0 Å². The Balaban J connectivity index is 2.11. The minimum atomic E-state index is -0.285. The minimum absolute atomic E-state index is 0.101. The topological polar surface area (TPSA) is 50.7 Å². The van der Waals surface area contributed by atoms with Gasteiger partial charge in [0.15, 0.2) is 0 Å². The van der Waals surface area contributed by atoms with Crippen molar-refractivity contribution in [1.82, 2.24) is 5.32 Å². The van der Waals surface area contributed by atoms with Crippen LogP contribution in [0.2, 0.25) is 0 Å². The van der Waals surface area contributed by atoms with E-state index in [0.717, 1.165) is 13.1 Å². The Bertz CT molecular complexity index is 183. The molecule has 0 spiro atoms. The van der Waals surface area contributed by atoms with Gasteiger partial charge in [0.25, 0.3) is 0 Å². The average molecular weight is 217 g/mol. The maximum Gasteiger partial charge on any atom is 0.0940 e. The number of nitrogens with one attached hydrogen (secondary N) is 1. The third kappa shape index (κ3) is 5.47. The third-order valence-electron chi connectivity index (χ3n) is 2.39. The van der Waals surface area contributed by atoms with E-state index in [2.05, 4.69) is 19.2 Å². The first-order chi connectivity index (χ1) is 6.99. The molecule has 0 aromatic carbocycles. The van der Waals surface area contributed by atoms with E-state index >= 15 is 0 Å². The van der Waals surface area contributed by atoms with Crippen LogP contribution < -0.4 is 5.32 Å². The van der Waals surface area contributed by atoms with Crippen LogP contribution in [-0.4, -0.2) is 49.2 Å². The molecule has 1 aliphatic rings. The van der Waals surface area contributed by atoms with E-state index in [1.807, 2.05) is 0 Å². The van der Waals surface area contributed by atoms with E-state index in [4.69, 9.17) is 14.6 Å². The van der Waals surface area contributed by atoms with Gasteiger partial charge in [0.05, 0.1) is 24.4 Å². The smallest absolute Gasteiger partial charge is 0.0940 e. The van der Waals surface area contributed by atoms with Gasteiger partial charge in [0, 0.05) is 19.7 Å². The van der Waals surface area contributed by atoms with Crippen LogP contribution in [0, 0.1) is 0 Å². The molecule has 2 atom stereocenters. The highest BCUT2D eigenvalue weighted by Gasteiger charge is 2.28. The molecule has 15 heavy (non-hydrogen) atoms. The highest BCUT2D eigenvalue weighted by molar-refractivity contribution is 4.81. The molecule has 1 rings (SSSR count). The van der Waals surface area contributed by atoms with E-state index in [1.165, 1.54) is 0 Å². The molecular weight excluding hydrogens is 194 g/mol. The molecule has 0 saturated carbocycles. The second-order valence-corrected chi connectivity index (χ2v) is 4.84. The largest absolute Gasteiger partial charge is 0.393 e. The van der Waals surface area contributed by atoms with Crippen molar-refractivity contribution in [2.45, 2.75) is 45.0 Å². The summed E-state index contributed by atoms with van der Waals surface area (Å²) in [6.45, 7) is 8.84. The molecule has 1 saturated heterocycles. The van der Waals surface area contributed by atoms with Crippen LogP contribution in [0.5, 0.6) is 0 Å². The Morgan fingerprint density at radius 2 is 2.33 bits per heavy atom. The molecule has 1 heterocycles. The predicted octanol–water partition coefficient (Wildman–Crippen LogP) is 0.541. The zero-order valence-corrected chi connectivity index (χ0v) is 9.95. The molecule has 0 aliphatic carbocycles. The molecule has 0 aromatic rings. The van der Waals surface area contributed by atoms with Gasteiger partial charge in [-0.05, 0) is 27.2 Å². The Hall–Kier alpha value is -0.160. The summed E-state index contributed by atoms with van der Waals surface area (Å²) in [6, 6.07) is 0. The lowest BCUT2D eigenvalue weighted by molar-refractivity contribution is -0.121. The number of rotatable bonds is 5. The van der Waals surface area contributed by atoms with Crippen molar-refractivity contribution in [3.05, 3.63) is 0 Å². The first-order valence-corrected chi connectivity index (χ1v) is 5.64. The van der Waals surface area contributed by atoms with Crippen LogP contribution >= 0.6 is 0 Å². The van der Waals surface area contributed by atoms with Crippen molar-refractivity contribution >= 4 is 0 Å². The average Bonchev–Trinajstić information content (AvgIpc) is 2.10. The lowest BCUT2D eigenvalue weighted by Crippen LogP contribution is -2.51. The number of aliphatic hydroxyl groups is 1. The van der Waals surface area contributed by atoms with E-state index in [-0.39, 0.29) is 17.8 Å². The summed E-state index contributed by atoms with van der Waals surface area (Å²) in [6.07, 6.45) is 0.526. The zero-order chi connectivity index (χ0) is 11.3. The SMILES string of the molecule is CC(O)CCOCC1CNCC(C)(C)O1. The second kappa shape index (κ2) is 5.80. The van der Waals surface area contributed by atoms with Crippen LogP contribution in [0.1, 0.15) is 27.2 Å². The molecule has 4 heteroatoms. The molecule has 1 aliphatic heterocycles. The molecule has 0 bridgehead atoms. The number of aliphatic hydroxyl groups excluding tert-OH is 1. The van der Waals surface area contributed by atoms with Gasteiger partial charge >= 0.3 is 0 Å². The van der Waals surface area contributed by atoms with Crippen molar-refractivity contribution in [3.8, 4) is 0 Å². The van der Waals surface area contributed by atoms with Gasteiger partial charge < -0.3 is 19.9 Å². The fraction of sp³-hybridized carbons (Fsp3) is 1.00. The summed E-state index contributed by atoms with van der Waals surface area (Å²) < 4.78 is 11.3.